The molecule has 0 saturated heterocycles. The highest BCUT2D eigenvalue weighted by Gasteiger charge is 2.18. The number of rotatable bonds is 0. The van der Waals surface area contributed by atoms with Gasteiger partial charge in [-0.25, -0.2) is 0 Å². The zero-order valence-corrected chi connectivity index (χ0v) is 13.9. The van der Waals surface area contributed by atoms with Gasteiger partial charge in [0.2, 0.25) is 0 Å². The Morgan fingerprint density at radius 1 is 0.737 bits per heavy atom. The molecule has 108 valence electrons. The van der Waals surface area contributed by atoms with Crippen molar-refractivity contribution >= 4 is 0 Å². The van der Waals surface area contributed by atoms with E-state index in [2.05, 4.69) is 44.5 Å². The Morgan fingerprint density at radius 3 is 1.37 bits per heavy atom. The highest BCUT2D eigenvalue weighted by Crippen LogP contribution is 2.28. The van der Waals surface area contributed by atoms with Crippen molar-refractivity contribution in [2.75, 3.05) is 0 Å². The summed E-state index contributed by atoms with van der Waals surface area (Å²) in [5.74, 6) is 13.0. The van der Waals surface area contributed by atoms with Gasteiger partial charge in [-0.15, -0.1) is 0 Å². The maximum atomic E-state index is 9.21. The van der Waals surface area contributed by atoms with E-state index in [1.54, 1.807) is 13.8 Å². The maximum Gasteiger partial charge on any atom is 0.119 e. The summed E-state index contributed by atoms with van der Waals surface area (Å²) in [5, 5.41) is 9.21. The van der Waals surface area contributed by atoms with Crippen molar-refractivity contribution in [3.63, 3.8) is 0 Å². The normalized spacial score (nSPS) is 15.2. The number of hydrogen-bond donors (Lipinski definition) is 1. The van der Waals surface area contributed by atoms with E-state index in [-0.39, 0.29) is 10.8 Å². The second-order valence-electron chi connectivity index (χ2n) is 7.85. The monoisotopic (exact) mass is 262 g/mol. The zero-order valence-electron chi connectivity index (χ0n) is 13.9. The molecule has 0 amide bonds. The smallest absolute Gasteiger partial charge is 0.119 e. The van der Waals surface area contributed by atoms with Gasteiger partial charge >= 0.3 is 0 Å². The predicted molar refractivity (Wildman–Crippen MR) is 83.5 cm³/mol. The highest BCUT2D eigenvalue weighted by atomic mass is 16.3. The molecular weight excluding hydrogens is 232 g/mol. The lowest BCUT2D eigenvalue weighted by Crippen LogP contribution is -2.16. The number of aliphatic hydroxyl groups is 1. The summed E-state index contributed by atoms with van der Waals surface area (Å²) in [4.78, 5) is 0. The van der Waals surface area contributed by atoms with Gasteiger partial charge in [0, 0.05) is 16.7 Å². The van der Waals surface area contributed by atoms with Crippen LogP contribution in [0.5, 0.6) is 0 Å². The lowest BCUT2D eigenvalue weighted by Gasteiger charge is -2.11. The lowest BCUT2D eigenvalue weighted by atomic mass is 9.96. The largest absolute Gasteiger partial charge is 0.378 e. The summed E-state index contributed by atoms with van der Waals surface area (Å²) in [7, 11) is 0. The SMILES string of the molecule is CC(C)(C)C#CC(C)(C)O.CC(C)(C)C#CC1CC1. The van der Waals surface area contributed by atoms with Crippen LogP contribution in [0.4, 0.5) is 0 Å². The van der Waals surface area contributed by atoms with Crippen molar-refractivity contribution in [1.82, 2.24) is 0 Å². The molecular formula is C18H30O. The van der Waals surface area contributed by atoms with Crippen LogP contribution in [-0.2, 0) is 0 Å². The van der Waals surface area contributed by atoms with Crippen molar-refractivity contribution < 1.29 is 5.11 Å². The summed E-state index contributed by atoms with van der Waals surface area (Å²) in [5.41, 5.74) is -0.657. The second-order valence-corrected chi connectivity index (χ2v) is 7.85. The van der Waals surface area contributed by atoms with Crippen LogP contribution >= 0.6 is 0 Å². The molecule has 1 saturated carbocycles. The molecule has 0 heterocycles. The first-order chi connectivity index (χ1) is 8.29. The highest BCUT2D eigenvalue weighted by molar-refractivity contribution is 5.15. The van der Waals surface area contributed by atoms with Crippen molar-refractivity contribution in [2.45, 2.75) is 73.8 Å². The fraction of sp³-hybridized carbons (Fsp3) is 0.778. The molecule has 1 rings (SSSR count). The molecule has 0 aromatic heterocycles. The zero-order chi connectivity index (χ0) is 15.3. The van der Waals surface area contributed by atoms with Gasteiger partial charge in [-0.3, -0.25) is 0 Å². The van der Waals surface area contributed by atoms with Crippen LogP contribution in [-0.4, -0.2) is 10.7 Å². The van der Waals surface area contributed by atoms with Crippen LogP contribution in [0.25, 0.3) is 0 Å². The molecule has 1 aliphatic carbocycles. The molecule has 1 aliphatic rings. The minimum atomic E-state index is -0.854. The third-order valence-corrected chi connectivity index (χ3v) is 1.97. The van der Waals surface area contributed by atoms with Crippen LogP contribution < -0.4 is 0 Å². The molecule has 0 spiro atoms. The fourth-order valence-corrected chi connectivity index (χ4v) is 0.887. The summed E-state index contributed by atoms with van der Waals surface area (Å²) < 4.78 is 0. The quantitative estimate of drug-likeness (QED) is 0.647. The third-order valence-electron chi connectivity index (χ3n) is 1.97. The van der Waals surface area contributed by atoms with Crippen LogP contribution in [0.3, 0.4) is 0 Å². The molecule has 0 atom stereocenters. The van der Waals surface area contributed by atoms with Gasteiger partial charge in [0.15, 0.2) is 0 Å². The van der Waals surface area contributed by atoms with Gasteiger partial charge in [-0.05, 0) is 68.2 Å². The Kier molecular flexibility index (Phi) is 6.18. The molecule has 1 nitrogen and oxygen atoms in total. The van der Waals surface area contributed by atoms with E-state index in [0.717, 1.165) is 5.92 Å². The van der Waals surface area contributed by atoms with E-state index in [9.17, 15) is 5.11 Å². The minimum Gasteiger partial charge on any atom is -0.378 e. The van der Waals surface area contributed by atoms with Gasteiger partial charge in [0.1, 0.15) is 5.60 Å². The topological polar surface area (TPSA) is 20.2 Å². The Labute approximate surface area is 120 Å². The van der Waals surface area contributed by atoms with Crippen molar-refractivity contribution in [3.8, 4) is 23.7 Å². The minimum absolute atomic E-state index is 0.0139. The van der Waals surface area contributed by atoms with Gasteiger partial charge < -0.3 is 5.11 Å². The summed E-state index contributed by atoms with van der Waals surface area (Å²) >= 11 is 0. The van der Waals surface area contributed by atoms with Crippen LogP contribution in [0.2, 0.25) is 0 Å². The summed E-state index contributed by atoms with van der Waals surface area (Å²) in [6.07, 6.45) is 2.67. The average Bonchev–Trinajstić information content (AvgIpc) is 2.93. The standard InChI is InChI=1S/C9H16O.C9H14/c1-8(2,3)6-7-9(4,5)10;1-9(2,3)7-6-8-4-5-8/h10H,1-5H3;8H,4-5H2,1-3H3. The lowest BCUT2D eigenvalue weighted by molar-refractivity contribution is 0.143. The van der Waals surface area contributed by atoms with Crippen molar-refractivity contribution in [3.05, 3.63) is 0 Å². The molecule has 1 heteroatoms. The molecule has 19 heavy (non-hydrogen) atoms. The Bertz CT molecular complexity index is 366. The first-order valence-electron chi connectivity index (χ1n) is 7.08. The molecule has 0 aliphatic heterocycles. The van der Waals surface area contributed by atoms with Gasteiger partial charge in [0.25, 0.3) is 0 Å². The van der Waals surface area contributed by atoms with Crippen LogP contribution in [0.1, 0.15) is 68.2 Å². The van der Waals surface area contributed by atoms with Crippen LogP contribution in [0.15, 0.2) is 0 Å². The number of hydrogen-bond acceptors (Lipinski definition) is 1. The molecule has 1 fully saturated rings. The van der Waals surface area contributed by atoms with Crippen molar-refractivity contribution in [1.29, 1.82) is 0 Å². The van der Waals surface area contributed by atoms with Gasteiger partial charge in [-0.2, -0.15) is 0 Å². The van der Waals surface area contributed by atoms with E-state index in [0.29, 0.717) is 0 Å². The molecule has 0 bridgehead atoms. The third kappa shape index (κ3) is 17.1. The Morgan fingerprint density at radius 2 is 1.16 bits per heavy atom. The molecule has 0 aromatic carbocycles. The summed E-state index contributed by atoms with van der Waals surface area (Å²) in [6, 6.07) is 0. The van der Waals surface area contributed by atoms with Crippen molar-refractivity contribution in [2.24, 2.45) is 16.7 Å². The first kappa shape index (κ1) is 18.1. The average molecular weight is 262 g/mol. The maximum absolute atomic E-state index is 9.21. The Hall–Kier alpha value is -0.920. The van der Waals surface area contributed by atoms with Gasteiger partial charge in [-0.1, -0.05) is 23.7 Å². The van der Waals surface area contributed by atoms with E-state index in [1.807, 2.05) is 20.8 Å². The van der Waals surface area contributed by atoms with E-state index < -0.39 is 5.60 Å². The van der Waals surface area contributed by atoms with Gasteiger partial charge in [0.05, 0.1) is 0 Å². The second kappa shape index (κ2) is 6.49. The Balaban J connectivity index is 0.000000342. The molecule has 0 radical (unpaired) electrons. The van der Waals surface area contributed by atoms with E-state index in [4.69, 9.17) is 0 Å². The molecule has 0 aromatic rings. The van der Waals surface area contributed by atoms with Crippen LogP contribution in [0, 0.1) is 40.4 Å². The molecule has 0 unspecified atom stereocenters. The predicted octanol–water partition coefficient (Wildman–Crippen LogP) is 4.25. The molecule has 1 N–H and O–H groups in total. The fourth-order valence-electron chi connectivity index (χ4n) is 0.887. The first-order valence-corrected chi connectivity index (χ1v) is 7.08. The van der Waals surface area contributed by atoms with E-state index >= 15 is 0 Å². The summed E-state index contributed by atoms with van der Waals surface area (Å²) in [6.45, 7) is 15.9. The van der Waals surface area contributed by atoms with E-state index in [1.165, 1.54) is 12.8 Å².